The summed E-state index contributed by atoms with van der Waals surface area (Å²) in [6, 6.07) is 14.3. The first-order valence-electron chi connectivity index (χ1n) is 7.51. The van der Waals surface area contributed by atoms with Crippen LogP contribution in [-0.4, -0.2) is 34.4 Å². The molecule has 0 aromatic heterocycles. The highest BCUT2D eigenvalue weighted by molar-refractivity contribution is 6.15. The molecule has 1 saturated heterocycles. The predicted octanol–water partition coefficient (Wildman–Crippen LogP) is 1.92. The van der Waals surface area contributed by atoms with Gasteiger partial charge >= 0.3 is 6.03 Å². The van der Waals surface area contributed by atoms with Gasteiger partial charge in [0.25, 0.3) is 5.91 Å². The third-order valence-electron chi connectivity index (χ3n) is 3.53. The van der Waals surface area contributed by atoms with E-state index in [1.54, 1.807) is 36.4 Å². The van der Waals surface area contributed by atoms with Crippen molar-refractivity contribution in [1.82, 2.24) is 10.2 Å². The molecule has 1 aliphatic heterocycles. The molecule has 0 atom stereocenters. The van der Waals surface area contributed by atoms with Crippen LogP contribution in [0.4, 0.5) is 10.5 Å². The van der Waals surface area contributed by atoms with Crippen molar-refractivity contribution in [2.45, 2.75) is 0 Å². The van der Waals surface area contributed by atoms with E-state index in [-0.39, 0.29) is 18.0 Å². The topological polar surface area (TPSA) is 98.7 Å². The van der Waals surface area contributed by atoms with Crippen molar-refractivity contribution in [3.63, 3.8) is 0 Å². The number of phenols is 1. The Balaban J connectivity index is 1.69. The number of hydrogen-bond acceptors (Lipinski definition) is 4. The normalized spacial score (nSPS) is 15.4. The zero-order valence-electron chi connectivity index (χ0n) is 13.1. The summed E-state index contributed by atoms with van der Waals surface area (Å²) < 4.78 is 0. The van der Waals surface area contributed by atoms with Gasteiger partial charge in [-0.1, -0.05) is 30.3 Å². The van der Waals surface area contributed by atoms with Gasteiger partial charge in [0.2, 0.25) is 5.91 Å². The van der Waals surface area contributed by atoms with Gasteiger partial charge in [0.1, 0.15) is 18.0 Å². The number of benzene rings is 2. The highest BCUT2D eigenvalue weighted by Crippen LogP contribution is 2.16. The summed E-state index contributed by atoms with van der Waals surface area (Å²) in [6.07, 6.45) is 1.48. The maximum absolute atomic E-state index is 12.3. The van der Waals surface area contributed by atoms with E-state index in [0.29, 0.717) is 11.3 Å². The lowest BCUT2D eigenvalue weighted by molar-refractivity contribution is -0.127. The average molecular weight is 337 g/mol. The van der Waals surface area contributed by atoms with Crippen LogP contribution in [0, 0.1) is 0 Å². The molecule has 25 heavy (non-hydrogen) atoms. The van der Waals surface area contributed by atoms with Crippen LogP contribution in [0.5, 0.6) is 5.75 Å². The molecule has 0 radical (unpaired) electrons. The van der Waals surface area contributed by atoms with Gasteiger partial charge < -0.3 is 15.7 Å². The number of para-hydroxylation sites is 1. The molecule has 7 nitrogen and oxygen atoms in total. The molecular formula is C18H15N3O4. The van der Waals surface area contributed by atoms with Crippen LogP contribution < -0.4 is 10.6 Å². The first kappa shape index (κ1) is 16.3. The molecule has 0 aliphatic carbocycles. The Labute approximate surface area is 143 Å². The fourth-order valence-corrected chi connectivity index (χ4v) is 2.32. The van der Waals surface area contributed by atoms with E-state index < -0.39 is 17.8 Å². The van der Waals surface area contributed by atoms with E-state index in [2.05, 4.69) is 10.6 Å². The number of amides is 4. The van der Waals surface area contributed by atoms with Crippen LogP contribution in [0.3, 0.4) is 0 Å². The summed E-state index contributed by atoms with van der Waals surface area (Å²) in [4.78, 5) is 37.1. The van der Waals surface area contributed by atoms with Gasteiger partial charge in [-0.05, 0) is 35.9 Å². The van der Waals surface area contributed by atoms with Crippen molar-refractivity contribution >= 4 is 29.6 Å². The summed E-state index contributed by atoms with van der Waals surface area (Å²) >= 11 is 0. The van der Waals surface area contributed by atoms with Gasteiger partial charge in [-0.15, -0.1) is 0 Å². The first-order valence-corrected chi connectivity index (χ1v) is 7.51. The minimum absolute atomic E-state index is 0.0724. The smallest absolute Gasteiger partial charge is 0.329 e. The Morgan fingerprint density at radius 2 is 1.76 bits per heavy atom. The average Bonchev–Trinajstić information content (AvgIpc) is 2.85. The first-order chi connectivity index (χ1) is 12.0. The van der Waals surface area contributed by atoms with Crippen LogP contribution in [0.2, 0.25) is 0 Å². The number of hydrogen-bond donors (Lipinski definition) is 3. The molecule has 3 N–H and O–H groups in total. The number of nitrogens with one attached hydrogen (secondary N) is 2. The number of nitrogens with zero attached hydrogens (tertiary/aromatic N) is 1. The second-order valence-corrected chi connectivity index (χ2v) is 5.39. The number of aromatic hydroxyl groups is 1. The summed E-state index contributed by atoms with van der Waals surface area (Å²) in [7, 11) is 0. The molecular weight excluding hydrogens is 322 g/mol. The van der Waals surface area contributed by atoms with Gasteiger partial charge in [-0.3, -0.25) is 9.59 Å². The number of carbonyl (C=O) groups is 3. The SMILES string of the molecule is O=C(CN1C(=O)N/C(=C\c2ccc(O)cc2)C1=O)Nc1ccccc1. The quantitative estimate of drug-likeness (QED) is 0.586. The second-order valence-electron chi connectivity index (χ2n) is 5.39. The van der Waals surface area contributed by atoms with E-state index in [4.69, 9.17) is 0 Å². The highest BCUT2D eigenvalue weighted by atomic mass is 16.3. The van der Waals surface area contributed by atoms with Crippen molar-refractivity contribution in [3.05, 3.63) is 65.9 Å². The Morgan fingerprint density at radius 1 is 1.08 bits per heavy atom. The van der Waals surface area contributed by atoms with Crippen LogP contribution in [-0.2, 0) is 9.59 Å². The van der Waals surface area contributed by atoms with Crippen molar-refractivity contribution < 1.29 is 19.5 Å². The van der Waals surface area contributed by atoms with E-state index in [9.17, 15) is 19.5 Å². The number of rotatable bonds is 4. The van der Waals surface area contributed by atoms with Gasteiger partial charge in [-0.2, -0.15) is 0 Å². The molecule has 7 heteroatoms. The molecule has 1 heterocycles. The lowest BCUT2D eigenvalue weighted by atomic mass is 10.2. The lowest BCUT2D eigenvalue weighted by Crippen LogP contribution is -2.38. The fraction of sp³-hybridized carbons (Fsp3) is 0.0556. The second kappa shape index (κ2) is 6.88. The molecule has 2 aromatic carbocycles. The molecule has 3 rings (SSSR count). The van der Waals surface area contributed by atoms with E-state index in [1.165, 1.54) is 18.2 Å². The standard InChI is InChI=1S/C18H15N3O4/c22-14-8-6-12(7-9-14)10-15-17(24)21(18(25)20-15)11-16(23)19-13-4-2-1-3-5-13/h1-10,22H,11H2,(H,19,23)(H,20,25)/b15-10-. The van der Waals surface area contributed by atoms with Crippen LogP contribution in [0.25, 0.3) is 6.08 Å². The van der Waals surface area contributed by atoms with Crippen LogP contribution >= 0.6 is 0 Å². The molecule has 126 valence electrons. The molecule has 1 fully saturated rings. The fourth-order valence-electron chi connectivity index (χ4n) is 2.32. The molecule has 4 amide bonds. The monoisotopic (exact) mass is 337 g/mol. The van der Waals surface area contributed by atoms with Crippen LogP contribution in [0.1, 0.15) is 5.56 Å². The lowest BCUT2D eigenvalue weighted by Gasteiger charge is -2.11. The van der Waals surface area contributed by atoms with Gasteiger partial charge in [0, 0.05) is 5.69 Å². The Hall–Kier alpha value is -3.61. The number of imide groups is 1. The Kier molecular flexibility index (Phi) is 4.47. The third kappa shape index (κ3) is 3.84. The molecule has 1 aliphatic rings. The van der Waals surface area contributed by atoms with E-state index in [0.717, 1.165) is 4.90 Å². The minimum atomic E-state index is -0.654. The highest BCUT2D eigenvalue weighted by Gasteiger charge is 2.34. The van der Waals surface area contributed by atoms with Gasteiger partial charge in [0.05, 0.1) is 0 Å². The predicted molar refractivity (Wildman–Crippen MR) is 91.4 cm³/mol. The number of anilines is 1. The summed E-state index contributed by atoms with van der Waals surface area (Å²) in [5, 5.41) is 14.3. The summed E-state index contributed by atoms with van der Waals surface area (Å²) in [6.45, 7) is -0.382. The number of urea groups is 1. The Bertz CT molecular complexity index is 844. The van der Waals surface area contributed by atoms with Crippen molar-refractivity contribution in [3.8, 4) is 5.75 Å². The zero-order chi connectivity index (χ0) is 17.8. The molecule has 2 aromatic rings. The maximum Gasteiger partial charge on any atom is 0.329 e. The van der Waals surface area contributed by atoms with Gasteiger partial charge in [-0.25, -0.2) is 9.69 Å². The molecule has 0 spiro atoms. The molecule has 0 saturated carbocycles. The Morgan fingerprint density at radius 3 is 2.44 bits per heavy atom. The van der Waals surface area contributed by atoms with Crippen LogP contribution in [0.15, 0.2) is 60.3 Å². The zero-order valence-corrected chi connectivity index (χ0v) is 13.1. The minimum Gasteiger partial charge on any atom is -0.508 e. The third-order valence-corrected chi connectivity index (χ3v) is 3.53. The molecule has 0 unspecified atom stereocenters. The molecule has 0 bridgehead atoms. The van der Waals surface area contributed by atoms with E-state index in [1.807, 2.05) is 6.07 Å². The number of phenolic OH excluding ortho intramolecular Hbond substituents is 1. The summed E-state index contributed by atoms with van der Waals surface area (Å²) in [5.41, 5.74) is 1.29. The van der Waals surface area contributed by atoms with Crippen molar-refractivity contribution in [1.29, 1.82) is 0 Å². The summed E-state index contributed by atoms with van der Waals surface area (Å²) in [5.74, 6) is -0.954. The van der Waals surface area contributed by atoms with E-state index >= 15 is 0 Å². The van der Waals surface area contributed by atoms with Crippen molar-refractivity contribution in [2.75, 3.05) is 11.9 Å². The number of carbonyl (C=O) groups excluding carboxylic acids is 3. The largest absolute Gasteiger partial charge is 0.508 e. The van der Waals surface area contributed by atoms with Crippen molar-refractivity contribution in [2.24, 2.45) is 0 Å². The maximum atomic E-state index is 12.3. The van der Waals surface area contributed by atoms with Gasteiger partial charge in [0.15, 0.2) is 0 Å².